The van der Waals surface area contributed by atoms with Gasteiger partial charge in [-0.3, -0.25) is 0 Å². The third-order valence-electron chi connectivity index (χ3n) is 3.64. The van der Waals surface area contributed by atoms with E-state index < -0.39 is 0 Å². The molecule has 0 bridgehead atoms. The molecule has 1 aromatic carbocycles. The molecule has 1 N–H and O–H groups in total. The standard InChI is InChI=1S/C18H23N3/c1-4-20-18(14(2)3)17-8-9-21(13-17)12-16-7-5-6-15(10-16)11-19/h5-10,13-14,18,20H,4,12H2,1-3H3. The van der Waals surface area contributed by atoms with Gasteiger partial charge in [-0.05, 0) is 41.8 Å². The van der Waals surface area contributed by atoms with Crippen LogP contribution in [0, 0.1) is 17.2 Å². The zero-order valence-electron chi connectivity index (χ0n) is 13.0. The van der Waals surface area contributed by atoms with Crippen molar-refractivity contribution in [3.63, 3.8) is 0 Å². The van der Waals surface area contributed by atoms with Crippen molar-refractivity contribution in [3.8, 4) is 6.07 Å². The van der Waals surface area contributed by atoms with Gasteiger partial charge in [-0.15, -0.1) is 0 Å². The van der Waals surface area contributed by atoms with Crippen LogP contribution in [0.4, 0.5) is 0 Å². The average molecular weight is 281 g/mol. The Kier molecular flexibility index (Phi) is 5.19. The summed E-state index contributed by atoms with van der Waals surface area (Å²) < 4.78 is 2.18. The van der Waals surface area contributed by atoms with Gasteiger partial charge in [0.15, 0.2) is 0 Å². The Labute approximate surface area is 127 Å². The molecule has 0 amide bonds. The molecule has 3 heteroatoms. The molecule has 21 heavy (non-hydrogen) atoms. The quantitative estimate of drug-likeness (QED) is 0.876. The number of hydrogen-bond acceptors (Lipinski definition) is 2. The molecule has 0 aliphatic rings. The first-order chi connectivity index (χ1) is 10.1. The highest BCUT2D eigenvalue weighted by atomic mass is 15.0. The van der Waals surface area contributed by atoms with E-state index in [-0.39, 0.29) is 0 Å². The van der Waals surface area contributed by atoms with Crippen LogP contribution >= 0.6 is 0 Å². The molecule has 0 radical (unpaired) electrons. The fourth-order valence-electron chi connectivity index (χ4n) is 2.65. The topological polar surface area (TPSA) is 40.8 Å². The first-order valence-electron chi connectivity index (χ1n) is 7.52. The van der Waals surface area contributed by atoms with E-state index >= 15 is 0 Å². The molecule has 0 saturated carbocycles. The van der Waals surface area contributed by atoms with Crippen LogP contribution in [0.2, 0.25) is 0 Å². The predicted molar refractivity (Wildman–Crippen MR) is 85.9 cm³/mol. The van der Waals surface area contributed by atoms with Crippen LogP contribution in [0.5, 0.6) is 0 Å². The highest BCUT2D eigenvalue weighted by molar-refractivity contribution is 5.33. The van der Waals surface area contributed by atoms with Gasteiger partial charge >= 0.3 is 0 Å². The van der Waals surface area contributed by atoms with Crippen molar-refractivity contribution < 1.29 is 0 Å². The Bertz CT molecular complexity index is 619. The Hall–Kier alpha value is -2.05. The van der Waals surface area contributed by atoms with Crippen LogP contribution < -0.4 is 5.32 Å². The monoisotopic (exact) mass is 281 g/mol. The van der Waals surface area contributed by atoms with Gasteiger partial charge in [0.2, 0.25) is 0 Å². The molecule has 110 valence electrons. The smallest absolute Gasteiger partial charge is 0.0991 e. The molecule has 0 aliphatic heterocycles. The first kappa shape index (κ1) is 15.3. The Morgan fingerprint density at radius 2 is 2.10 bits per heavy atom. The van der Waals surface area contributed by atoms with Crippen molar-refractivity contribution in [2.24, 2.45) is 5.92 Å². The summed E-state index contributed by atoms with van der Waals surface area (Å²) in [4.78, 5) is 0. The van der Waals surface area contributed by atoms with Gasteiger partial charge in [-0.25, -0.2) is 0 Å². The number of nitrogens with zero attached hydrogens (tertiary/aromatic N) is 2. The van der Waals surface area contributed by atoms with Gasteiger partial charge in [-0.2, -0.15) is 5.26 Å². The number of aromatic nitrogens is 1. The molecule has 3 nitrogen and oxygen atoms in total. The molecule has 0 spiro atoms. The van der Waals surface area contributed by atoms with Crippen LogP contribution in [-0.2, 0) is 6.54 Å². The summed E-state index contributed by atoms with van der Waals surface area (Å²) in [6.45, 7) is 8.38. The fraction of sp³-hybridized carbons (Fsp3) is 0.389. The molecule has 0 fully saturated rings. The summed E-state index contributed by atoms with van der Waals surface area (Å²) in [6.07, 6.45) is 4.31. The van der Waals surface area contributed by atoms with E-state index in [0.29, 0.717) is 17.5 Å². The van der Waals surface area contributed by atoms with E-state index in [9.17, 15) is 0 Å². The lowest BCUT2D eigenvalue weighted by Crippen LogP contribution is -2.25. The minimum atomic E-state index is 0.390. The Balaban J connectivity index is 2.14. The second kappa shape index (κ2) is 7.10. The molecular formula is C18H23N3. The summed E-state index contributed by atoms with van der Waals surface area (Å²) in [7, 11) is 0. The van der Waals surface area contributed by atoms with E-state index in [4.69, 9.17) is 5.26 Å². The van der Waals surface area contributed by atoms with Gasteiger partial charge in [0.25, 0.3) is 0 Å². The van der Waals surface area contributed by atoms with Crippen LogP contribution in [0.15, 0.2) is 42.7 Å². The highest BCUT2D eigenvalue weighted by Gasteiger charge is 2.15. The average Bonchev–Trinajstić information content (AvgIpc) is 2.92. The van der Waals surface area contributed by atoms with Crippen molar-refractivity contribution in [1.82, 2.24) is 9.88 Å². The molecule has 0 saturated heterocycles. The van der Waals surface area contributed by atoms with Crippen molar-refractivity contribution >= 4 is 0 Å². The van der Waals surface area contributed by atoms with Gasteiger partial charge in [0, 0.05) is 25.0 Å². The zero-order chi connectivity index (χ0) is 15.2. The lowest BCUT2D eigenvalue weighted by Gasteiger charge is -2.20. The fourth-order valence-corrected chi connectivity index (χ4v) is 2.65. The maximum absolute atomic E-state index is 8.96. The van der Waals surface area contributed by atoms with Crippen molar-refractivity contribution in [1.29, 1.82) is 5.26 Å². The minimum Gasteiger partial charge on any atom is -0.350 e. The van der Waals surface area contributed by atoms with E-state index in [1.54, 1.807) is 0 Å². The molecule has 1 aromatic heterocycles. The second-order valence-corrected chi connectivity index (χ2v) is 5.71. The number of benzene rings is 1. The van der Waals surface area contributed by atoms with Crippen LogP contribution in [0.1, 0.15) is 43.5 Å². The van der Waals surface area contributed by atoms with Gasteiger partial charge < -0.3 is 9.88 Å². The maximum Gasteiger partial charge on any atom is 0.0991 e. The van der Waals surface area contributed by atoms with Gasteiger partial charge in [0.05, 0.1) is 11.6 Å². The molecule has 0 aliphatic carbocycles. The van der Waals surface area contributed by atoms with Crippen LogP contribution in [-0.4, -0.2) is 11.1 Å². The van der Waals surface area contributed by atoms with E-state index in [0.717, 1.165) is 18.7 Å². The minimum absolute atomic E-state index is 0.390. The Morgan fingerprint density at radius 3 is 2.76 bits per heavy atom. The van der Waals surface area contributed by atoms with Gasteiger partial charge in [0.1, 0.15) is 0 Å². The molecule has 1 atom stereocenters. The number of nitriles is 1. The van der Waals surface area contributed by atoms with Crippen molar-refractivity contribution in [2.75, 3.05) is 6.54 Å². The third kappa shape index (κ3) is 3.96. The third-order valence-corrected chi connectivity index (χ3v) is 3.64. The largest absolute Gasteiger partial charge is 0.350 e. The lowest BCUT2D eigenvalue weighted by molar-refractivity contribution is 0.421. The summed E-state index contributed by atoms with van der Waals surface area (Å²) >= 11 is 0. The highest BCUT2D eigenvalue weighted by Crippen LogP contribution is 2.22. The summed E-state index contributed by atoms with van der Waals surface area (Å²) in [5, 5.41) is 12.5. The zero-order valence-corrected chi connectivity index (χ0v) is 13.0. The normalized spacial score (nSPS) is 12.3. The van der Waals surface area contributed by atoms with Crippen molar-refractivity contribution in [3.05, 3.63) is 59.4 Å². The second-order valence-electron chi connectivity index (χ2n) is 5.71. The van der Waals surface area contributed by atoms with Gasteiger partial charge in [-0.1, -0.05) is 32.9 Å². The summed E-state index contributed by atoms with van der Waals surface area (Å²) in [5.74, 6) is 0.558. The molecule has 2 rings (SSSR count). The SMILES string of the molecule is CCNC(c1ccn(Cc2cccc(C#N)c2)c1)C(C)C. The lowest BCUT2D eigenvalue weighted by atomic mass is 9.98. The molecule has 1 heterocycles. The predicted octanol–water partition coefficient (Wildman–Crippen LogP) is 3.71. The van der Waals surface area contributed by atoms with E-state index in [1.165, 1.54) is 5.56 Å². The van der Waals surface area contributed by atoms with Crippen molar-refractivity contribution in [2.45, 2.75) is 33.4 Å². The molecular weight excluding hydrogens is 258 g/mol. The maximum atomic E-state index is 8.96. The van der Waals surface area contributed by atoms with E-state index in [1.807, 2.05) is 18.2 Å². The van der Waals surface area contributed by atoms with Crippen LogP contribution in [0.3, 0.4) is 0 Å². The van der Waals surface area contributed by atoms with E-state index in [2.05, 4.69) is 61.3 Å². The number of hydrogen-bond donors (Lipinski definition) is 1. The number of nitrogens with one attached hydrogen (secondary N) is 1. The molecule has 1 unspecified atom stereocenters. The number of rotatable bonds is 6. The van der Waals surface area contributed by atoms with Crippen LogP contribution in [0.25, 0.3) is 0 Å². The summed E-state index contributed by atoms with van der Waals surface area (Å²) in [5.41, 5.74) is 3.19. The Morgan fingerprint density at radius 1 is 1.29 bits per heavy atom. The molecule has 2 aromatic rings. The summed E-state index contributed by atoms with van der Waals surface area (Å²) in [6, 6.07) is 12.5. The first-order valence-corrected chi connectivity index (χ1v) is 7.52.